The summed E-state index contributed by atoms with van der Waals surface area (Å²) in [4.78, 5) is 26.1. The van der Waals surface area contributed by atoms with Gasteiger partial charge >= 0.3 is 12.0 Å². The van der Waals surface area contributed by atoms with Crippen molar-refractivity contribution in [2.45, 2.75) is 19.9 Å². The molecule has 0 fully saturated rings. The van der Waals surface area contributed by atoms with Crippen LogP contribution >= 0.6 is 0 Å². The van der Waals surface area contributed by atoms with Gasteiger partial charge in [-0.2, -0.15) is 0 Å². The van der Waals surface area contributed by atoms with Gasteiger partial charge in [-0.1, -0.05) is 18.2 Å². The summed E-state index contributed by atoms with van der Waals surface area (Å²) in [6.07, 6.45) is 0. The second kappa shape index (κ2) is 7.53. The topological polar surface area (TPSA) is 63.6 Å². The Labute approximate surface area is 158 Å². The van der Waals surface area contributed by atoms with Gasteiger partial charge in [0, 0.05) is 36.7 Å². The fourth-order valence-electron chi connectivity index (χ4n) is 2.84. The third kappa shape index (κ3) is 3.95. The summed E-state index contributed by atoms with van der Waals surface area (Å²) in [5.41, 5.74) is 2.16. The van der Waals surface area contributed by atoms with E-state index in [2.05, 4.69) is 5.32 Å². The van der Waals surface area contributed by atoms with E-state index in [1.165, 1.54) is 4.90 Å². The molecule has 0 bridgehead atoms. The lowest BCUT2D eigenvalue weighted by Crippen LogP contribution is -2.40. The summed E-state index contributed by atoms with van der Waals surface area (Å²) in [5.74, 6) is -0.000899. The van der Waals surface area contributed by atoms with Crippen LogP contribution in [0.3, 0.4) is 0 Å². The average Bonchev–Trinajstić information content (AvgIpc) is 2.98. The smallest absolute Gasteiger partial charge is 0.360 e. The first-order chi connectivity index (χ1) is 12.9. The van der Waals surface area contributed by atoms with Crippen LogP contribution in [0.4, 0.5) is 10.5 Å². The largest absolute Gasteiger partial charge is 0.422 e. The molecule has 0 spiro atoms. The van der Waals surface area contributed by atoms with Crippen molar-refractivity contribution in [1.82, 2.24) is 9.88 Å². The number of aryl methyl sites for hydroxylation is 1. The molecule has 0 aliphatic heterocycles. The van der Waals surface area contributed by atoms with Gasteiger partial charge in [0.25, 0.3) is 0 Å². The highest BCUT2D eigenvalue weighted by atomic mass is 16.5. The summed E-state index contributed by atoms with van der Waals surface area (Å²) in [6.45, 7) is 3.81. The van der Waals surface area contributed by atoms with Crippen LogP contribution < -0.4 is 15.0 Å². The number of hydrogen-bond donors (Lipinski definition) is 1. The van der Waals surface area contributed by atoms with Crippen molar-refractivity contribution in [3.63, 3.8) is 0 Å². The van der Waals surface area contributed by atoms with Gasteiger partial charge in [0.05, 0.1) is 0 Å². The molecule has 1 aromatic heterocycles. The van der Waals surface area contributed by atoms with Crippen LogP contribution in [-0.4, -0.2) is 29.7 Å². The van der Waals surface area contributed by atoms with Gasteiger partial charge in [-0.3, -0.25) is 4.90 Å². The fraction of sp³-hybridized carbons (Fsp3) is 0.238. The molecule has 0 radical (unpaired) electrons. The zero-order chi connectivity index (χ0) is 19.6. The molecule has 0 aliphatic carbocycles. The molecule has 1 heterocycles. The van der Waals surface area contributed by atoms with Gasteiger partial charge in [-0.15, -0.1) is 0 Å². The molecule has 0 aliphatic rings. The lowest BCUT2D eigenvalue weighted by molar-refractivity contribution is 0.0725. The molecule has 0 saturated heterocycles. The third-order valence-electron chi connectivity index (χ3n) is 4.31. The normalized spacial score (nSPS) is 10.9. The molecule has 6 nitrogen and oxygen atoms in total. The summed E-state index contributed by atoms with van der Waals surface area (Å²) in [5, 5.41) is 3.81. The number of fused-ring (bicyclic) bond motifs is 1. The Morgan fingerprint density at radius 3 is 2.37 bits per heavy atom. The highest BCUT2D eigenvalue weighted by Gasteiger charge is 2.16. The van der Waals surface area contributed by atoms with Crippen LogP contribution in [0.2, 0.25) is 0 Å². The van der Waals surface area contributed by atoms with Gasteiger partial charge < -0.3 is 14.6 Å². The minimum atomic E-state index is -0.424. The lowest BCUT2D eigenvalue weighted by atomic mass is 10.2. The summed E-state index contributed by atoms with van der Waals surface area (Å²) < 4.78 is 7.31. The number of hydrogen-bond acceptors (Lipinski definition) is 3. The van der Waals surface area contributed by atoms with Gasteiger partial charge in [0.15, 0.2) is 0 Å². The highest BCUT2D eigenvalue weighted by molar-refractivity contribution is 5.96. The van der Waals surface area contributed by atoms with Crippen molar-refractivity contribution in [3.8, 4) is 5.75 Å². The van der Waals surface area contributed by atoms with E-state index in [1.54, 1.807) is 31.3 Å². The van der Waals surface area contributed by atoms with Crippen LogP contribution in [0, 0.1) is 0 Å². The Bertz CT molecular complexity index is 974. The molecule has 27 heavy (non-hydrogen) atoms. The number of anilines is 1. The number of carbonyl (C=O) groups excluding carboxylic acids is 2. The van der Waals surface area contributed by atoms with Gasteiger partial charge in [-0.05, 0) is 50.2 Å². The van der Waals surface area contributed by atoms with Crippen LogP contribution in [0.5, 0.6) is 5.75 Å². The number of nitrogens with zero attached hydrogens (tertiary/aromatic N) is 2. The molecule has 0 unspecified atom stereocenters. The number of urea groups is 1. The second-order valence-electron chi connectivity index (χ2n) is 6.69. The third-order valence-corrected chi connectivity index (χ3v) is 4.31. The summed E-state index contributed by atoms with van der Waals surface area (Å²) in [7, 11) is 3.53. The maximum absolute atomic E-state index is 12.5. The van der Waals surface area contributed by atoms with E-state index in [0.717, 1.165) is 10.9 Å². The minimum absolute atomic E-state index is 0.0565. The Kier molecular flexibility index (Phi) is 5.16. The number of carbonyl (C=O) groups is 2. The van der Waals surface area contributed by atoms with E-state index >= 15 is 0 Å². The Morgan fingerprint density at radius 1 is 1.07 bits per heavy atom. The molecule has 3 aromatic rings. The number of aromatic nitrogens is 1. The Hall–Kier alpha value is -3.28. The SMILES string of the molecule is CC(C)NC(=O)N(C)c1ccc(OC(=O)c2cc3ccccc3n2C)cc1. The van der Waals surface area contributed by atoms with Gasteiger partial charge in [-0.25, -0.2) is 9.59 Å². The number of amides is 2. The van der Waals surface area contributed by atoms with Gasteiger partial charge in [0.1, 0.15) is 11.4 Å². The van der Waals surface area contributed by atoms with Crippen LogP contribution in [0.15, 0.2) is 54.6 Å². The number of para-hydroxylation sites is 1. The zero-order valence-electron chi connectivity index (χ0n) is 15.9. The number of ether oxygens (including phenoxy) is 1. The molecule has 0 saturated carbocycles. The molecule has 2 aromatic carbocycles. The molecular formula is C21H23N3O3. The van der Waals surface area contributed by atoms with Gasteiger partial charge in [0.2, 0.25) is 0 Å². The zero-order valence-corrected chi connectivity index (χ0v) is 15.9. The first-order valence-corrected chi connectivity index (χ1v) is 8.77. The Morgan fingerprint density at radius 2 is 1.74 bits per heavy atom. The standard InChI is InChI=1S/C21H23N3O3/c1-14(2)22-21(26)23(3)16-9-11-17(12-10-16)27-20(25)19-13-15-7-5-6-8-18(15)24(19)4/h5-14H,1-4H3,(H,22,26). The quantitative estimate of drug-likeness (QED) is 0.562. The van der Waals surface area contributed by atoms with Crippen LogP contribution in [-0.2, 0) is 7.05 Å². The first kappa shape index (κ1) is 18.5. The average molecular weight is 365 g/mol. The van der Waals surface area contributed by atoms with Crippen molar-refractivity contribution < 1.29 is 14.3 Å². The van der Waals surface area contributed by atoms with E-state index < -0.39 is 5.97 Å². The maximum Gasteiger partial charge on any atom is 0.360 e. The monoisotopic (exact) mass is 365 g/mol. The number of esters is 1. The molecule has 1 N–H and O–H groups in total. The van der Waals surface area contributed by atoms with Crippen LogP contribution in [0.1, 0.15) is 24.3 Å². The van der Waals surface area contributed by atoms with E-state index in [1.807, 2.05) is 55.8 Å². The van der Waals surface area contributed by atoms with Crippen molar-refractivity contribution >= 4 is 28.6 Å². The molecule has 2 amide bonds. The first-order valence-electron chi connectivity index (χ1n) is 8.77. The molecule has 3 rings (SSSR count). The van der Waals surface area contributed by atoms with Crippen molar-refractivity contribution in [2.24, 2.45) is 7.05 Å². The molecule has 0 atom stereocenters. The predicted octanol–water partition coefficient (Wildman–Crippen LogP) is 3.95. The highest BCUT2D eigenvalue weighted by Crippen LogP contribution is 2.22. The maximum atomic E-state index is 12.5. The second-order valence-corrected chi connectivity index (χ2v) is 6.69. The van der Waals surface area contributed by atoms with E-state index in [9.17, 15) is 9.59 Å². The molecule has 6 heteroatoms. The summed E-state index contributed by atoms with van der Waals surface area (Å²) >= 11 is 0. The van der Waals surface area contributed by atoms with Crippen molar-refractivity contribution in [3.05, 3.63) is 60.3 Å². The number of nitrogens with one attached hydrogen (secondary N) is 1. The summed E-state index contributed by atoms with van der Waals surface area (Å²) in [6, 6.07) is 16.3. The van der Waals surface area contributed by atoms with Crippen molar-refractivity contribution in [1.29, 1.82) is 0 Å². The lowest BCUT2D eigenvalue weighted by Gasteiger charge is -2.20. The van der Waals surface area contributed by atoms with E-state index in [4.69, 9.17) is 4.74 Å². The minimum Gasteiger partial charge on any atom is -0.422 e. The van der Waals surface area contributed by atoms with E-state index in [0.29, 0.717) is 17.1 Å². The predicted molar refractivity (Wildman–Crippen MR) is 106 cm³/mol. The van der Waals surface area contributed by atoms with Crippen molar-refractivity contribution in [2.75, 3.05) is 11.9 Å². The molecular weight excluding hydrogens is 342 g/mol. The molecule has 140 valence electrons. The van der Waals surface area contributed by atoms with E-state index in [-0.39, 0.29) is 12.1 Å². The Balaban J connectivity index is 1.73. The number of rotatable bonds is 4. The number of benzene rings is 2. The van der Waals surface area contributed by atoms with Crippen LogP contribution in [0.25, 0.3) is 10.9 Å². The fourth-order valence-corrected chi connectivity index (χ4v) is 2.84.